The summed E-state index contributed by atoms with van der Waals surface area (Å²) < 4.78 is 16.7. The Hall–Kier alpha value is -2.78. The number of hydrogen-bond donors (Lipinski definition) is 6. The average Bonchev–Trinajstić information content (AvgIpc) is 3.22. The molecule has 0 radical (unpaired) electrons. The quantitative estimate of drug-likeness (QED) is 0.119. The van der Waals surface area contributed by atoms with Crippen molar-refractivity contribution in [3.05, 3.63) is 35.6 Å². The van der Waals surface area contributed by atoms with Gasteiger partial charge in [-0.15, -0.1) is 0 Å². The minimum atomic E-state index is -2.09. The van der Waals surface area contributed by atoms with Crippen LogP contribution in [0.2, 0.25) is 0 Å². The number of ether oxygens (including phenoxy) is 3. The second-order valence-electron chi connectivity index (χ2n) is 17.2. The van der Waals surface area contributed by atoms with Gasteiger partial charge in [0, 0.05) is 30.6 Å². The molecule has 0 aromatic carbocycles. The van der Waals surface area contributed by atoms with Gasteiger partial charge < -0.3 is 44.8 Å². The number of aliphatic hydroxyl groups excluding tert-OH is 5. The molecule has 5 rings (SSSR count). The number of allylic oxidation sites excluding steroid dienone is 4. The first-order valence-electron chi connectivity index (χ1n) is 17.6. The Labute approximate surface area is 298 Å². The van der Waals surface area contributed by atoms with E-state index in [0.717, 1.165) is 6.08 Å². The van der Waals surface area contributed by atoms with Gasteiger partial charge in [-0.1, -0.05) is 32.4 Å². The third-order valence-corrected chi connectivity index (χ3v) is 13.3. The first-order chi connectivity index (χ1) is 23.3. The highest BCUT2D eigenvalue weighted by atomic mass is 16.7. The van der Waals surface area contributed by atoms with Crippen molar-refractivity contribution >= 4 is 23.3 Å². The van der Waals surface area contributed by atoms with E-state index in [1.807, 2.05) is 26.8 Å². The van der Waals surface area contributed by atoms with Gasteiger partial charge in [-0.3, -0.25) is 19.2 Å². The van der Waals surface area contributed by atoms with Crippen LogP contribution >= 0.6 is 0 Å². The third kappa shape index (κ3) is 5.87. The van der Waals surface area contributed by atoms with Crippen LogP contribution in [0.4, 0.5) is 0 Å². The van der Waals surface area contributed by atoms with Crippen molar-refractivity contribution in [3.8, 4) is 0 Å². The molecule has 2 saturated carbocycles. The minimum absolute atomic E-state index is 0.0841. The summed E-state index contributed by atoms with van der Waals surface area (Å²) in [6.45, 7) is 14.2. The predicted octanol–water partition coefficient (Wildman–Crippen LogP) is 1.45. The number of carbonyl (C=O) groups is 4. The minimum Gasteiger partial charge on any atom is -0.459 e. The number of fused-ring (bicyclic) bond motifs is 5. The lowest BCUT2D eigenvalue weighted by Crippen LogP contribution is -2.64. The summed E-state index contributed by atoms with van der Waals surface area (Å²) >= 11 is 0. The summed E-state index contributed by atoms with van der Waals surface area (Å²) in [6.07, 6.45) is -2.57. The van der Waals surface area contributed by atoms with Crippen molar-refractivity contribution in [2.24, 2.45) is 39.4 Å². The second kappa shape index (κ2) is 12.7. The summed E-state index contributed by atoms with van der Waals surface area (Å²) in [5.74, 6) is -4.17. The summed E-state index contributed by atoms with van der Waals surface area (Å²) in [5.41, 5.74) is -6.62. The molecule has 0 bridgehead atoms. The fourth-order valence-corrected chi connectivity index (χ4v) is 10.3. The van der Waals surface area contributed by atoms with Gasteiger partial charge in [0.05, 0.1) is 18.1 Å². The molecule has 3 fully saturated rings. The highest BCUT2D eigenvalue weighted by Crippen LogP contribution is 2.73. The SMILES string of the molecule is CC(=O)OC(C)(C)/C=C/C(=O)[C@](C)(O)[C@H]1[C@@H](O)C[C@@]2(C)[C@@H]3CC=C4[C@@H](C=C(O[C@@H]5O[C@H](CO)[C@@H](O)[C@H](O)[C@H]5O)C(=O)C4(C)C)[C@]3(C)C(=O)C[C@]12C. The number of aliphatic hydroxyl groups is 6. The summed E-state index contributed by atoms with van der Waals surface area (Å²) in [6, 6.07) is 0. The van der Waals surface area contributed by atoms with E-state index in [1.165, 1.54) is 19.9 Å². The molecule has 0 amide bonds. The number of rotatable bonds is 8. The zero-order chi connectivity index (χ0) is 38.4. The molecule has 6 N–H and O–H groups in total. The van der Waals surface area contributed by atoms with Gasteiger partial charge in [-0.2, -0.15) is 0 Å². The molecule has 0 aromatic rings. The van der Waals surface area contributed by atoms with E-state index in [9.17, 15) is 49.8 Å². The van der Waals surface area contributed by atoms with Crippen molar-refractivity contribution in [2.75, 3.05) is 6.61 Å². The number of esters is 1. The maximum Gasteiger partial charge on any atom is 0.303 e. The standard InChI is InChI=1S/C38H54O13/c1-18(40)51-33(2,3)13-12-25(42)38(9,48)30-21(41)15-35(6)24-11-10-19-20(37(24,8)26(43)16-36(30,35)7)14-22(31(47)34(19,4)5)49-32-29(46)28(45)27(44)23(17-39)50-32/h10,12-14,20-21,23-24,27-30,32,39,41,44-46,48H,11,15-17H2,1-9H3/b13-12+/t20-,21+,23-,24+,27-,28+,29-,30+,32-,35+,36-,37+,38+/m1/s1. The van der Waals surface area contributed by atoms with Crippen molar-refractivity contribution < 1.29 is 64.0 Å². The molecule has 13 atom stereocenters. The average molecular weight is 719 g/mol. The van der Waals surface area contributed by atoms with Crippen molar-refractivity contribution in [1.82, 2.24) is 0 Å². The predicted molar refractivity (Wildman–Crippen MR) is 180 cm³/mol. The number of carbonyl (C=O) groups excluding carboxylic acids is 4. The van der Waals surface area contributed by atoms with Crippen LogP contribution in [0.5, 0.6) is 0 Å². The van der Waals surface area contributed by atoms with E-state index in [2.05, 4.69) is 0 Å². The highest BCUT2D eigenvalue weighted by molar-refractivity contribution is 6.02. The van der Waals surface area contributed by atoms with E-state index in [0.29, 0.717) is 12.0 Å². The molecule has 5 aliphatic rings. The van der Waals surface area contributed by atoms with Crippen molar-refractivity contribution in [3.63, 3.8) is 0 Å². The van der Waals surface area contributed by atoms with E-state index in [4.69, 9.17) is 14.2 Å². The first-order valence-corrected chi connectivity index (χ1v) is 17.6. The molecular formula is C38H54O13. The fourth-order valence-electron chi connectivity index (χ4n) is 10.3. The molecule has 1 aliphatic heterocycles. The lowest BCUT2D eigenvalue weighted by Gasteiger charge is -2.63. The molecule has 0 aromatic heterocycles. The zero-order valence-electron chi connectivity index (χ0n) is 30.9. The fraction of sp³-hybridized carbons (Fsp3) is 0.737. The largest absolute Gasteiger partial charge is 0.459 e. The molecule has 0 unspecified atom stereocenters. The Kier molecular flexibility index (Phi) is 9.80. The Morgan fingerprint density at radius 1 is 1.00 bits per heavy atom. The summed E-state index contributed by atoms with van der Waals surface area (Å²) in [4.78, 5) is 53.9. The maximum absolute atomic E-state index is 14.8. The van der Waals surface area contributed by atoms with Crippen LogP contribution < -0.4 is 0 Å². The van der Waals surface area contributed by atoms with E-state index < -0.39 is 112 Å². The van der Waals surface area contributed by atoms with Gasteiger partial charge >= 0.3 is 5.97 Å². The molecule has 4 aliphatic carbocycles. The maximum atomic E-state index is 14.8. The zero-order valence-corrected chi connectivity index (χ0v) is 30.9. The highest BCUT2D eigenvalue weighted by Gasteiger charge is 2.74. The van der Waals surface area contributed by atoms with Gasteiger partial charge in [-0.25, -0.2) is 0 Å². The number of hydrogen-bond acceptors (Lipinski definition) is 13. The van der Waals surface area contributed by atoms with Gasteiger partial charge in [-0.05, 0) is 82.4 Å². The van der Waals surface area contributed by atoms with Crippen LogP contribution in [0.1, 0.15) is 81.6 Å². The Bertz CT molecular complexity index is 1570. The molecular weight excluding hydrogens is 664 g/mol. The number of Topliss-reactive ketones (excluding diaryl/α,β-unsaturated/α-hetero) is 2. The Morgan fingerprint density at radius 2 is 1.63 bits per heavy atom. The van der Waals surface area contributed by atoms with Crippen molar-refractivity contribution in [2.45, 2.75) is 130 Å². The molecule has 13 nitrogen and oxygen atoms in total. The van der Waals surface area contributed by atoms with Gasteiger partial charge in [0.2, 0.25) is 12.1 Å². The molecule has 0 spiro atoms. The monoisotopic (exact) mass is 718 g/mol. The van der Waals surface area contributed by atoms with Crippen molar-refractivity contribution in [1.29, 1.82) is 0 Å². The Balaban J connectivity index is 1.52. The van der Waals surface area contributed by atoms with Gasteiger partial charge in [0.1, 0.15) is 41.4 Å². The van der Waals surface area contributed by atoms with Crippen LogP contribution in [0.15, 0.2) is 35.6 Å². The van der Waals surface area contributed by atoms with E-state index >= 15 is 0 Å². The van der Waals surface area contributed by atoms with E-state index in [-0.39, 0.29) is 24.4 Å². The lowest BCUT2D eigenvalue weighted by molar-refractivity contribution is -0.291. The summed E-state index contributed by atoms with van der Waals surface area (Å²) in [7, 11) is 0. The molecule has 13 heteroatoms. The normalized spacial score (nSPS) is 43.3. The van der Waals surface area contributed by atoms with Crippen LogP contribution in [0, 0.1) is 39.4 Å². The van der Waals surface area contributed by atoms with Crippen LogP contribution in [0.25, 0.3) is 0 Å². The second-order valence-corrected chi connectivity index (χ2v) is 17.2. The van der Waals surface area contributed by atoms with Crippen LogP contribution in [-0.2, 0) is 33.4 Å². The van der Waals surface area contributed by atoms with Crippen LogP contribution in [-0.4, -0.2) is 109 Å². The molecule has 51 heavy (non-hydrogen) atoms. The smallest absolute Gasteiger partial charge is 0.303 e. The van der Waals surface area contributed by atoms with E-state index in [1.54, 1.807) is 33.8 Å². The molecule has 1 heterocycles. The molecule has 1 saturated heterocycles. The Morgan fingerprint density at radius 3 is 2.22 bits per heavy atom. The van der Waals surface area contributed by atoms with Gasteiger partial charge in [0.15, 0.2) is 11.5 Å². The number of ketones is 3. The third-order valence-electron chi connectivity index (χ3n) is 13.3. The summed E-state index contributed by atoms with van der Waals surface area (Å²) in [5, 5.41) is 64.6. The van der Waals surface area contributed by atoms with Gasteiger partial charge in [0.25, 0.3) is 0 Å². The molecule has 284 valence electrons. The van der Waals surface area contributed by atoms with Crippen LogP contribution in [0.3, 0.4) is 0 Å². The topological polar surface area (TPSA) is 217 Å². The lowest BCUT2D eigenvalue weighted by atomic mass is 9.39. The first kappa shape index (κ1) is 39.4.